The molecule has 1 aromatic carbocycles. The molecule has 1 aromatic heterocycles. The third kappa shape index (κ3) is 3.37. The fraction of sp³-hybridized carbons (Fsp3) is 0.400. The zero-order valence-corrected chi connectivity index (χ0v) is 15.7. The average Bonchev–Trinajstić information content (AvgIpc) is 3.45. The zero-order chi connectivity index (χ0) is 19.8. The topological polar surface area (TPSA) is 103 Å². The lowest BCUT2D eigenvalue weighted by Crippen LogP contribution is -2.55. The number of nitrogens with zero attached hydrogens (tertiary/aromatic N) is 2. The number of nitrogens with one attached hydrogen (secondary N) is 2. The van der Waals surface area contributed by atoms with Crippen LogP contribution >= 0.6 is 0 Å². The van der Waals surface area contributed by atoms with E-state index in [0.29, 0.717) is 11.3 Å². The number of aromatic nitrogens is 1. The van der Waals surface area contributed by atoms with Gasteiger partial charge in [-0.25, -0.2) is 0 Å². The number of aryl methyl sites for hydroxylation is 1. The number of carbonyl (C=O) groups is 4. The second-order valence-corrected chi connectivity index (χ2v) is 7.33. The number of hydrogen-bond acceptors (Lipinski definition) is 4. The molecule has 28 heavy (non-hydrogen) atoms. The van der Waals surface area contributed by atoms with E-state index < -0.39 is 23.5 Å². The van der Waals surface area contributed by atoms with Crippen LogP contribution in [0.2, 0.25) is 0 Å². The molecule has 0 radical (unpaired) electrons. The van der Waals surface area contributed by atoms with Gasteiger partial charge in [-0.1, -0.05) is 18.2 Å². The highest BCUT2D eigenvalue weighted by atomic mass is 16.2. The minimum absolute atomic E-state index is 0.122. The van der Waals surface area contributed by atoms with Gasteiger partial charge in [0, 0.05) is 48.8 Å². The summed E-state index contributed by atoms with van der Waals surface area (Å²) in [6, 6.07) is 7.49. The van der Waals surface area contributed by atoms with Crippen molar-refractivity contribution in [3.63, 3.8) is 0 Å². The van der Waals surface area contributed by atoms with Crippen molar-refractivity contribution in [2.24, 2.45) is 0 Å². The molecule has 2 aliphatic rings. The van der Waals surface area contributed by atoms with Crippen molar-refractivity contribution in [1.82, 2.24) is 20.1 Å². The maximum atomic E-state index is 12.8. The standard InChI is InChI=1S/C20H22N4O4/c1-12-16(14-4-2-3-5-15(14)21-12)17(25)19(27)23-8-10-24(11-9-23)20(28)18(26)22-13-6-7-13/h2-5,13,21H,6-11H2,1H3,(H,22,26). The molecule has 4 rings (SSSR count). The number of ketones is 1. The lowest BCUT2D eigenvalue weighted by Gasteiger charge is -2.34. The second kappa shape index (κ2) is 7.10. The van der Waals surface area contributed by atoms with E-state index in [1.807, 2.05) is 24.3 Å². The van der Waals surface area contributed by atoms with Crippen molar-refractivity contribution in [3.05, 3.63) is 35.5 Å². The summed E-state index contributed by atoms with van der Waals surface area (Å²) in [5.74, 6) is -2.30. The lowest BCUT2D eigenvalue weighted by molar-refractivity contribution is -0.148. The molecule has 2 N–H and O–H groups in total. The Hall–Kier alpha value is -3.16. The molecule has 0 atom stereocenters. The Bertz CT molecular complexity index is 968. The molecule has 0 spiro atoms. The maximum absolute atomic E-state index is 12.8. The van der Waals surface area contributed by atoms with Crippen LogP contribution in [-0.4, -0.2) is 70.5 Å². The number of hydrogen-bond donors (Lipinski definition) is 2. The van der Waals surface area contributed by atoms with Crippen molar-refractivity contribution in [2.45, 2.75) is 25.8 Å². The third-order valence-corrected chi connectivity index (χ3v) is 5.28. The predicted molar refractivity (Wildman–Crippen MR) is 102 cm³/mol. The van der Waals surface area contributed by atoms with Crippen LogP contribution < -0.4 is 5.32 Å². The largest absolute Gasteiger partial charge is 0.358 e. The van der Waals surface area contributed by atoms with Gasteiger partial charge in [0.1, 0.15) is 0 Å². The average molecular weight is 382 g/mol. The van der Waals surface area contributed by atoms with Gasteiger partial charge in [-0.15, -0.1) is 0 Å². The Labute approximate surface area is 161 Å². The van der Waals surface area contributed by atoms with E-state index in [0.717, 1.165) is 23.7 Å². The van der Waals surface area contributed by atoms with Gasteiger partial charge >= 0.3 is 11.8 Å². The van der Waals surface area contributed by atoms with Crippen molar-refractivity contribution < 1.29 is 19.2 Å². The van der Waals surface area contributed by atoms with E-state index in [1.54, 1.807) is 6.92 Å². The normalized spacial score (nSPS) is 16.9. The lowest BCUT2D eigenvalue weighted by atomic mass is 10.1. The first-order valence-corrected chi connectivity index (χ1v) is 9.46. The molecule has 0 unspecified atom stereocenters. The number of fused-ring (bicyclic) bond motifs is 1. The fourth-order valence-electron chi connectivity index (χ4n) is 3.55. The summed E-state index contributed by atoms with van der Waals surface area (Å²) < 4.78 is 0. The number of benzene rings is 1. The Kier molecular flexibility index (Phi) is 4.62. The SMILES string of the molecule is Cc1[nH]c2ccccc2c1C(=O)C(=O)N1CCN(C(=O)C(=O)NC2CC2)CC1. The van der Waals surface area contributed by atoms with Gasteiger partial charge in [-0.2, -0.15) is 0 Å². The van der Waals surface area contributed by atoms with E-state index in [2.05, 4.69) is 10.3 Å². The van der Waals surface area contributed by atoms with Crippen molar-refractivity contribution in [3.8, 4) is 0 Å². The maximum Gasteiger partial charge on any atom is 0.312 e. The van der Waals surface area contributed by atoms with Crippen LogP contribution in [0.5, 0.6) is 0 Å². The molecule has 146 valence electrons. The minimum atomic E-state index is -0.590. The summed E-state index contributed by atoms with van der Waals surface area (Å²) in [5, 5.41) is 3.40. The summed E-state index contributed by atoms with van der Waals surface area (Å²) in [7, 11) is 0. The monoisotopic (exact) mass is 382 g/mol. The highest BCUT2D eigenvalue weighted by Crippen LogP contribution is 2.23. The molecule has 8 heteroatoms. The highest BCUT2D eigenvalue weighted by molar-refractivity contribution is 6.45. The summed E-state index contributed by atoms with van der Waals surface area (Å²) in [4.78, 5) is 55.7. The predicted octanol–water partition coefficient (Wildman–Crippen LogP) is 0.608. The van der Waals surface area contributed by atoms with Gasteiger partial charge in [-0.05, 0) is 25.8 Å². The fourth-order valence-corrected chi connectivity index (χ4v) is 3.55. The highest BCUT2D eigenvalue weighted by Gasteiger charge is 2.33. The summed E-state index contributed by atoms with van der Waals surface area (Å²) in [6.45, 7) is 2.71. The van der Waals surface area contributed by atoms with Crippen molar-refractivity contribution >= 4 is 34.4 Å². The van der Waals surface area contributed by atoms with E-state index in [-0.39, 0.29) is 32.2 Å². The number of rotatable bonds is 3. The van der Waals surface area contributed by atoms with Crippen LogP contribution in [0.1, 0.15) is 28.9 Å². The van der Waals surface area contributed by atoms with Crippen LogP contribution in [0.4, 0.5) is 0 Å². The van der Waals surface area contributed by atoms with E-state index in [4.69, 9.17) is 0 Å². The van der Waals surface area contributed by atoms with Gasteiger partial charge in [-0.3, -0.25) is 19.2 Å². The quantitative estimate of drug-likeness (QED) is 0.600. The summed E-state index contributed by atoms with van der Waals surface area (Å²) in [5.41, 5.74) is 1.86. The molecule has 0 bridgehead atoms. The van der Waals surface area contributed by atoms with Gasteiger partial charge in [0.15, 0.2) is 0 Å². The third-order valence-electron chi connectivity index (χ3n) is 5.28. The number of para-hydroxylation sites is 1. The molecule has 2 aromatic rings. The molecule has 1 saturated carbocycles. The number of aromatic amines is 1. The van der Waals surface area contributed by atoms with Crippen molar-refractivity contribution in [2.75, 3.05) is 26.2 Å². The zero-order valence-electron chi connectivity index (χ0n) is 15.7. The van der Waals surface area contributed by atoms with E-state index in [1.165, 1.54) is 9.80 Å². The van der Waals surface area contributed by atoms with E-state index >= 15 is 0 Å². The molecule has 3 amide bonds. The second-order valence-electron chi connectivity index (χ2n) is 7.33. The van der Waals surface area contributed by atoms with Gasteiger partial charge < -0.3 is 20.1 Å². The first kappa shape index (κ1) is 18.2. The first-order valence-electron chi connectivity index (χ1n) is 9.46. The first-order chi connectivity index (χ1) is 13.5. The van der Waals surface area contributed by atoms with Crippen LogP contribution in [0.25, 0.3) is 10.9 Å². The molecule has 2 fully saturated rings. The number of H-pyrrole nitrogens is 1. The minimum Gasteiger partial charge on any atom is -0.358 e. The molecule has 2 heterocycles. The Morgan fingerprint density at radius 3 is 2.21 bits per heavy atom. The van der Waals surface area contributed by atoms with Crippen molar-refractivity contribution in [1.29, 1.82) is 0 Å². The molecule has 1 aliphatic carbocycles. The number of Topliss-reactive ketones (excluding diaryl/α,β-unsaturated/α-hetero) is 1. The molecule has 8 nitrogen and oxygen atoms in total. The van der Waals surface area contributed by atoms with E-state index in [9.17, 15) is 19.2 Å². The van der Waals surface area contributed by atoms with Gasteiger partial charge in [0.2, 0.25) is 0 Å². The van der Waals surface area contributed by atoms with Gasteiger partial charge in [0.05, 0.1) is 5.56 Å². The summed E-state index contributed by atoms with van der Waals surface area (Å²) >= 11 is 0. The number of piperazine rings is 1. The smallest absolute Gasteiger partial charge is 0.312 e. The molecular formula is C20H22N4O4. The molecular weight excluding hydrogens is 360 g/mol. The number of carbonyl (C=O) groups excluding carboxylic acids is 4. The number of amides is 3. The van der Waals surface area contributed by atoms with Gasteiger partial charge in [0.25, 0.3) is 11.7 Å². The van der Waals surface area contributed by atoms with Crippen LogP contribution in [-0.2, 0) is 14.4 Å². The molecule has 1 saturated heterocycles. The molecule has 1 aliphatic heterocycles. The Morgan fingerprint density at radius 1 is 0.964 bits per heavy atom. The Morgan fingerprint density at radius 2 is 1.57 bits per heavy atom. The Balaban J connectivity index is 1.40. The van der Waals surface area contributed by atoms with Crippen LogP contribution in [0, 0.1) is 6.92 Å². The summed E-state index contributed by atoms with van der Waals surface area (Å²) in [6.07, 6.45) is 1.83. The van der Waals surface area contributed by atoms with Crippen LogP contribution in [0.3, 0.4) is 0 Å². The van der Waals surface area contributed by atoms with Crippen LogP contribution in [0.15, 0.2) is 24.3 Å².